The van der Waals surface area contributed by atoms with Gasteiger partial charge in [0.05, 0.1) is 0 Å². The van der Waals surface area contributed by atoms with Gasteiger partial charge in [0.2, 0.25) is 0 Å². The van der Waals surface area contributed by atoms with E-state index in [2.05, 4.69) is 4.98 Å². The molecule has 0 aromatic carbocycles. The molecule has 0 radical (unpaired) electrons. The van der Waals surface area contributed by atoms with Crippen LogP contribution in [0.2, 0.25) is 0 Å². The van der Waals surface area contributed by atoms with Gasteiger partial charge in [-0.15, -0.1) is 0 Å². The Kier molecular flexibility index (Phi) is 2.88. The van der Waals surface area contributed by atoms with Crippen molar-refractivity contribution in [2.24, 2.45) is 11.7 Å². The van der Waals surface area contributed by atoms with E-state index in [0.29, 0.717) is 5.56 Å². The van der Waals surface area contributed by atoms with Gasteiger partial charge in [-0.1, -0.05) is 13.8 Å². The molecule has 0 fully saturated rings. The predicted molar refractivity (Wildman–Crippen MR) is 53.6 cm³/mol. The van der Waals surface area contributed by atoms with Crippen LogP contribution in [0.1, 0.15) is 31.0 Å². The van der Waals surface area contributed by atoms with Crippen molar-refractivity contribution < 1.29 is 0 Å². The summed E-state index contributed by atoms with van der Waals surface area (Å²) in [5.74, 6) is 0.280. The molecule has 0 saturated carbocycles. The molecule has 1 unspecified atom stereocenters. The molecule has 72 valence electrons. The van der Waals surface area contributed by atoms with E-state index in [9.17, 15) is 4.79 Å². The van der Waals surface area contributed by atoms with Gasteiger partial charge in [-0.25, -0.2) is 0 Å². The summed E-state index contributed by atoms with van der Waals surface area (Å²) in [7, 11) is 0. The van der Waals surface area contributed by atoms with Crippen molar-refractivity contribution >= 4 is 0 Å². The van der Waals surface area contributed by atoms with Crippen molar-refractivity contribution in [1.82, 2.24) is 4.98 Å². The first-order valence-corrected chi connectivity index (χ1v) is 4.47. The summed E-state index contributed by atoms with van der Waals surface area (Å²) in [5, 5.41) is 0. The van der Waals surface area contributed by atoms with E-state index in [0.717, 1.165) is 5.56 Å². The highest BCUT2D eigenvalue weighted by molar-refractivity contribution is 5.20. The molecule has 1 aromatic heterocycles. The minimum atomic E-state index is -0.177. The first-order valence-electron chi connectivity index (χ1n) is 4.47. The van der Waals surface area contributed by atoms with Gasteiger partial charge in [0, 0.05) is 17.8 Å². The number of hydrogen-bond donors (Lipinski definition) is 2. The highest BCUT2D eigenvalue weighted by Crippen LogP contribution is 2.15. The first-order chi connectivity index (χ1) is 6.02. The van der Waals surface area contributed by atoms with Crippen LogP contribution in [0.25, 0.3) is 0 Å². The SMILES string of the molecule is Cc1c[nH]c(=O)c(C(N)C(C)C)c1. The summed E-state index contributed by atoms with van der Waals surface area (Å²) in [6, 6.07) is 1.67. The number of aryl methyl sites for hydroxylation is 1. The molecule has 0 spiro atoms. The lowest BCUT2D eigenvalue weighted by Crippen LogP contribution is -2.25. The Labute approximate surface area is 78.0 Å². The van der Waals surface area contributed by atoms with Crippen LogP contribution in [-0.2, 0) is 0 Å². The Bertz CT molecular complexity index is 341. The lowest BCUT2D eigenvalue weighted by atomic mass is 9.97. The largest absolute Gasteiger partial charge is 0.329 e. The second-order valence-corrected chi connectivity index (χ2v) is 3.73. The van der Waals surface area contributed by atoms with Gasteiger partial charge < -0.3 is 10.7 Å². The fraction of sp³-hybridized carbons (Fsp3) is 0.500. The third-order valence-electron chi connectivity index (χ3n) is 2.15. The van der Waals surface area contributed by atoms with Gasteiger partial charge in [-0.2, -0.15) is 0 Å². The standard InChI is InChI=1S/C10H16N2O/c1-6(2)9(11)8-4-7(3)5-12-10(8)13/h4-6,9H,11H2,1-3H3,(H,12,13). The van der Waals surface area contributed by atoms with E-state index in [1.54, 1.807) is 6.20 Å². The summed E-state index contributed by atoms with van der Waals surface area (Å²) >= 11 is 0. The van der Waals surface area contributed by atoms with Crippen LogP contribution >= 0.6 is 0 Å². The highest BCUT2D eigenvalue weighted by atomic mass is 16.1. The van der Waals surface area contributed by atoms with Gasteiger partial charge in [-0.3, -0.25) is 4.79 Å². The smallest absolute Gasteiger partial charge is 0.252 e. The van der Waals surface area contributed by atoms with Crippen LogP contribution in [0, 0.1) is 12.8 Å². The molecular weight excluding hydrogens is 164 g/mol. The van der Waals surface area contributed by atoms with Crippen molar-refractivity contribution in [3.63, 3.8) is 0 Å². The molecular formula is C10H16N2O. The van der Waals surface area contributed by atoms with Crippen molar-refractivity contribution in [3.8, 4) is 0 Å². The Balaban J connectivity index is 3.13. The number of hydrogen-bond acceptors (Lipinski definition) is 2. The number of nitrogens with two attached hydrogens (primary N) is 1. The van der Waals surface area contributed by atoms with Crippen LogP contribution in [0.4, 0.5) is 0 Å². The zero-order valence-electron chi connectivity index (χ0n) is 8.29. The van der Waals surface area contributed by atoms with Gasteiger partial charge in [0.1, 0.15) is 0 Å². The topological polar surface area (TPSA) is 58.9 Å². The van der Waals surface area contributed by atoms with Gasteiger partial charge in [-0.05, 0) is 24.5 Å². The monoisotopic (exact) mass is 180 g/mol. The quantitative estimate of drug-likeness (QED) is 0.721. The number of pyridine rings is 1. The van der Waals surface area contributed by atoms with Gasteiger partial charge >= 0.3 is 0 Å². The molecule has 1 heterocycles. The molecule has 0 amide bonds. The first kappa shape index (κ1) is 9.99. The van der Waals surface area contributed by atoms with Crippen molar-refractivity contribution in [2.45, 2.75) is 26.8 Å². The number of nitrogens with one attached hydrogen (secondary N) is 1. The van der Waals surface area contributed by atoms with E-state index in [1.165, 1.54) is 0 Å². The molecule has 1 aromatic rings. The molecule has 3 N–H and O–H groups in total. The normalized spacial score (nSPS) is 13.3. The molecule has 3 nitrogen and oxygen atoms in total. The fourth-order valence-corrected chi connectivity index (χ4v) is 1.22. The van der Waals surface area contributed by atoms with E-state index in [-0.39, 0.29) is 17.5 Å². The molecule has 0 saturated heterocycles. The fourth-order valence-electron chi connectivity index (χ4n) is 1.22. The van der Waals surface area contributed by atoms with Crippen molar-refractivity contribution in [2.75, 3.05) is 0 Å². The number of aromatic amines is 1. The van der Waals surface area contributed by atoms with Gasteiger partial charge in [0.25, 0.3) is 5.56 Å². The Morgan fingerprint density at radius 2 is 2.08 bits per heavy atom. The number of H-pyrrole nitrogens is 1. The molecule has 1 atom stereocenters. The minimum Gasteiger partial charge on any atom is -0.329 e. The molecule has 0 bridgehead atoms. The Morgan fingerprint density at radius 3 is 2.62 bits per heavy atom. The van der Waals surface area contributed by atoms with Crippen LogP contribution in [0.5, 0.6) is 0 Å². The summed E-state index contributed by atoms with van der Waals surface area (Å²) < 4.78 is 0. The second-order valence-electron chi connectivity index (χ2n) is 3.73. The maximum absolute atomic E-state index is 11.4. The third kappa shape index (κ3) is 2.18. The zero-order chi connectivity index (χ0) is 10.0. The summed E-state index contributed by atoms with van der Waals surface area (Å²) in [6.45, 7) is 5.95. The summed E-state index contributed by atoms with van der Waals surface area (Å²) in [5.41, 5.74) is 7.52. The van der Waals surface area contributed by atoms with Gasteiger partial charge in [0.15, 0.2) is 0 Å². The van der Waals surface area contributed by atoms with E-state index in [4.69, 9.17) is 5.73 Å². The average Bonchev–Trinajstić information content (AvgIpc) is 2.08. The highest BCUT2D eigenvalue weighted by Gasteiger charge is 2.13. The number of aromatic nitrogens is 1. The van der Waals surface area contributed by atoms with Crippen LogP contribution in [0.15, 0.2) is 17.1 Å². The van der Waals surface area contributed by atoms with Crippen LogP contribution in [-0.4, -0.2) is 4.98 Å². The third-order valence-corrected chi connectivity index (χ3v) is 2.15. The molecule has 0 aliphatic heterocycles. The zero-order valence-corrected chi connectivity index (χ0v) is 8.29. The second kappa shape index (κ2) is 3.75. The minimum absolute atomic E-state index is 0.0770. The Morgan fingerprint density at radius 1 is 1.46 bits per heavy atom. The van der Waals surface area contributed by atoms with Crippen molar-refractivity contribution in [3.05, 3.63) is 33.7 Å². The van der Waals surface area contributed by atoms with Crippen LogP contribution < -0.4 is 11.3 Å². The maximum atomic E-state index is 11.4. The molecule has 3 heteroatoms. The maximum Gasteiger partial charge on any atom is 0.252 e. The lowest BCUT2D eigenvalue weighted by Gasteiger charge is -2.14. The molecule has 0 aliphatic carbocycles. The molecule has 0 aliphatic rings. The van der Waals surface area contributed by atoms with E-state index < -0.39 is 0 Å². The van der Waals surface area contributed by atoms with Crippen molar-refractivity contribution in [1.29, 1.82) is 0 Å². The summed E-state index contributed by atoms with van der Waals surface area (Å²) in [6.07, 6.45) is 1.69. The van der Waals surface area contributed by atoms with Crippen LogP contribution in [0.3, 0.4) is 0 Å². The predicted octanol–water partition coefficient (Wildman–Crippen LogP) is 1.34. The van der Waals surface area contributed by atoms with E-state index in [1.807, 2.05) is 26.8 Å². The Hall–Kier alpha value is -1.09. The lowest BCUT2D eigenvalue weighted by molar-refractivity contribution is 0.509. The summed E-state index contributed by atoms with van der Waals surface area (Å²) in [4.78, 5) is 14.1. The average molecular weight is 180 g/mol. The van der Waals surface area contributed by atoms with E-state index >= 15 is 0 Å². The number of rotatable bonds is 2. The molecule has 1 rings (SSSR count). The molecule has 13 heavy (non-hydrogen) atoms.